The Hall–Kier alpha value is -3.12. The maximum absolute atomic E-state index is 12.4. The van der Waals surface area contributed by atoms with Crippen molar-refractivity contribution in [2.75, 3.05) is 18.4 Å². The number of hydrogen-bond donors (Lipinski definition) is 1. The van der Waals surface area contributed by atoms with Gasteiger partial charge >= 0.3 is 0 Å². The lowest BCUT2D eigenvalue weighted by molar-refractivity contribution is 0.0792. The molecule has 6 nitrogen and oxygen atoms in total. The number of anilines is 1. The first-order valence-electron chi connectivity index (χ1n) is 9.03. The standard InChI is InChI=1S/C21H18ClN3O3/c22-16-5-3-4-15(12-16)19-13-18(24-28-19)20(26)23-17-8-6-14(7-9-17)21(27)25-10-1-2-11-25/h3-9,12-13H,1-2,10-11H2,(H,23,26). The highest BCUT2D eigenvalue weighted by atomic mass is 35.5. The number of rotatable bonds is 4. The smallest absolute Gasteiger partial charge is 0.277 e. The van der Waals surface area contributed by atoms with Crippen LogP contribution in [-0.4, -0.2) is 35.0 Å². The zero-order chi connectivity index (χ0) is 19.5. The number of hydrogen-bond acceptors (Lipinski definition) is 4. The van der Waals surface area contributed by atoms with E-state index in [1.165, 1.54) is 0 Å². The van der Waals surface area contributed by atoms with E-state index in [-0.39, 0.29) is 11.6 Å². The molecule has 0 saturated carbocycles. The van der Waals surface area contributed by atoms with Gasteiger partial charge in [0.15, 0.2) is 11.5 Å². The van der Waals surface area contributed by atoms with Crippen molar-refractivity contribution in [2.45, 2.75) is 12.8 Å². The number of benzene rings is 2. The van der Waals surface area contributed by atoms with Crippen molar-refractivity contribution in [3.8, 4) is 11.3 Å². The van der Waals surface area contributed by atoms with Crippen LogP contribution in [-0.2, 0) is 0 Å². The Morgan fingerprint density at radius 2 is 1.79 bits per heavy atom. The minimum absolute atomic E-state index is 0.0260. The summed E-state index contributed by atoms with van der Waals surface area (Å²) in [5, 5.41) is 7.16. The van der Waals surface area contributed by atoms with Crippen molar-refractivity contribution < 1.29 is 14.1 Å². The Morgan fingerprint density at radius 1 is 1.04 bits per heavy atom. The van der Waals surface area contributed by atoms with E-state index < -0.39 is 5.91 Å². The minimum atomic E-state index is -0.393. The molecule has 2 amide bonds. The van der Waals surface area contributed by atoms with Crippen LogP contribution in [0.15, 0.2) is 59.1 Å². The number of carbonyl (C=O) groups excluding carboxylic acids is 2. The molecule has 0 radical (unpaired) electrons. The molecule has 4 rings (SSSR count). The zero-order valence-electron chi connectivity index (χ0n) is 15.0. The van der Waals surface area contributed by atoms with Gasteiger partial charge in [-0.2, -0.15) is 0 Å². The van der Waals surface area contributed by atoms with Gasteiger partial charge in [0.2, 0.25) is 0 Å². The van der Waals surface area contributed by atoms with Gasteiger partial charge < -0.3 is 14.7 Å². The van der Waals surface area contributed by atoms with E-state index in [4.69, 9.17) is 16.1 Å². The molecule has 1 aliphatic rings. The molecule has 3 aromatic rings. The lowest BCUT2D eigenvalue weighted by Crippen LogP contribution is -2.27. The first-order chi connectivity index (χ1) is 13.6. The number of aromatic nitrogens is 1. The number of nitrogens with one attached hydrogen (secondary N) is 1. The van der Waals surface area contributed by atoms with Crippen molar-refractivity contribution in [3.05, 3.63) is 70.9 Å². The van der Waals surface area contributed by atoms with E-state index in [9.17, 15) is 9.59 Å². The maximum Gasteiger partial charge on any atom is 0.277 e. The molecule has 0 atom stereocenters. The second-order valence-corrected chi connectivity index (χ2v) is 7.05. The molecule has 1 fully saturated rings. The van der Waals surface area contributed by atoms with Gasteiger partial charge in [0.1, 0.15) is 0 Å². The quantitative estimate of drug-likeness (QED) is 0.706. The first kappa shape index (κ1) is 18.3. The van der Waals surface area contributed by atoms with Crippen molar-refractivity contribution in [1.82, 2.24) is 10.1 Å². The molecule has 2 aromatic carbocycles. The molecule has 7 heteroatoms. The first-order valence-corrected chi connectivity index (χ1v) is 9.41. The normalized spacial score (nSPS) is 13.5. The third-order valence-electron chi connectivity index (χ3n) is 4.63. The molecule has 0 unspecified atom stereocenters. The second kappa shape index (κ2) is 7.86. The fraction of sp³-hybridized carbons (Fsp3) is 0.190. The van der Waals surface area contributed by atoms with Gasteiger partial charge in [-0.05, 0) is 49.2 Å². The van der Waals surface area contributed by atoms with Gasteiger partial charge in [-0.1, -0.05) is 28.9 Å². The summed E-state index contributed by atoms with van der Waals surface area (Å²) >= 11 is 5.98. The summed E-state index contributed by atoms with van der Waals surface area (Å²) in [5.74, 6) is 0.0906. The van der Waals surface area contributed by atoms with Crippen molar-refractivity contribution in [1.29, 1.82) is 0 Å². The molecule has 1 N–H and O–H groups in total. The minimum Gasteiger partial charge on any atom is -0.355 e. The Labute approximate surface area is 167 Å². The maximum atomic E-state index is 12.4. The van der Waals surface area contributed by atoms with Crippen molar-refractivity contribution >= 4 is 29.1 Å². The summed E-state index contributed by atoms with van der Waals surface area (Å²) in [6, 6.07) is 15.5. The number of carbonyl (C=O) groups is 2. The monoisotopic (exact) mass is 395 g/mol. The summed E-state index contributed by atoms with van der Waals surface area (Å²) in [6.07, 6.45) is 2.10. The average Bonchev–Trinajstić information content (AvgIpc) is 3.40. The van der Waals surface area contributed by atoms with E-state index >= 15 is 0 Å². The van der Waals surface area contributed by atoms with E-state index in [1.54, 1.807) is 48.5 Å². The summed E-state index contributed by atoms with van der Waals surface area (Å²) in [6.45, 7) is 1.61. The highest BCUT2D eigenvalue weighted by Crippen LogP contribution is 2.24. The largest absolute Gasteiger partial charge is 0.355 e. The number of nitrogens with zero attached hydrogens (tertiary/aromatic N) is 2. The summed E-state index contributed by atoms with van der Waals surface area (Å²) in [4.78, 5) is 26.6. The van der Waals surface area contributed by atoms with Gasteiger partial charge in [-0.15, -0.1) is 0 Å². The van der Waals surface area contributed by atoms with Gasteiger partial charge in [0.05, 0.1) is 0 Å². The van der Waals surface area contributed by atoms with Gasteiger partial charge in [0.25, 0.3) is 11.8 Å². The molecule has 1 aromatic heterocycles. The van der Waals surface area contributed by atoms with Crippen LogP contribution < -0.4 is 5.32 Å². The summed E-state index contributed by atoms with van der Waals surface area (Å²) in [7, 11) is 0. The number of halogens is 1. The molecular weight excluding hydrogens is 378 g/mol. The predicted molar refractivity (Wildman–Crippen MR) is 106 cm³/mol. The molecule has 0 bridgehead atoms. The van der Waals surface area contributed by atoms with E-state index in [0.29, 0.717) is 22.0 Å². The fourth-order valence-corrected chi connectivity index (χ4v) is 3.34. The van der Waals surface area contributed by atoms with E-state index in [0.717, 1.165) is 31.5 Å². The predicted octanol–water partition coefficient (Wildman–Crippen LogP) is 4.48. The van der Waals surface area contributed by atoms with Crippen LogP contribution in [0.1, 0.15) is 33.7 Å². The van der Waals surface area contributed by atoms with Crippen LogP contribution in [0.2, 0.25) is 5.02 Å². The van der Waals surface area contributed by atoms with Gasteiger partial charge in [-0.25, -0.2) is 0 Å². The van der Waals surface area contributed by atoms with Crippen LogP contribution >= 0.6 is 11.6 Å². The van der Waals surface area contributed by atoms with Crippen LogP contribution in [0.4, 0.5) is 5.69 Å². The van der Waals surface area contributed by atoms with E-state index in [2.05, 4.69) is 10.5 Å². The van der Waals surface area contributed by atoms with Gasteiger partial charge in [0, 0.05) is 41.0 Å². The second-order valence-electron chi connectivity index (χ2n) is 6.62. The van der Waals surface area contributed by atoms with Crippen molar-refractivity contribution in [3.63, 3.8) is 0 Å². The number of likely N-dealkylation sites (tertiary alicyclic amines) is 1. The fourth-order valence-electron chi connectivity index (χ4n) is 3.15. The lowest BCUT2D eigenvalue weighted by Gasteiger charge is -2.15. The van der Waals surface area contributed by atoms with Gasteiger partial charge in [-0.3, -0.25) is 9.59 Å². The van der Waals surface area contributed by atoms with Crippen LogP contribution in [0, 0.1) is 0 Å². The molecule has 142 valence electrons. The lowest BCUT2D eigenvalue weighted by atomic mass is 10.1. The Morgan fingerprint density at radius 3 is 2.50 bits per heavy atom. The Balaban J connectivity index is 1.43. The highest BCUT2D eigenvalue weighted by Gasteiger charge is 2.19. The third-order valence-corrected chi connectivity index (χ3v) is 4.87. The van der Waals surface area contributed by atoms with Crippen molar-refractivity contribution in [2.24, 2.45) is 0 Å². The average molecular weight is 396 g/mol. The molecule has 1 saturated heterocycles. The molecule has 28 heavy (non-hydrogen) atoms. The summed E-state index contributed by atoms with van der Waals surface area (Å²) in [5.41, 5.74) is 2.09. The zero-order valence-corrected chi connectivity index (χ0v) is 15.8. The third kappa shape index (κ3) is 3.92. The molecule has 1 aliphatic heterocycles. The molecule has 0 aliphatic carbocycles. The SMILES string of the molecule is O=C(Nc1ccc(C(=O)N2CCCC2)cc1)c1cc(-c2cccc(Cl)c2)on1. The van der Waals surface area contributed by atoms with E-state index in [1.807, 2.05) is 11.0 Å². The Bertz CT molecular complexity index is 1010. The Kier molecular flexibility index (Phi) is 5.12. The molecule has 2 heterocycles. The highest BCUT2D eigenvalue weighted by molar-refractivity contribution is 6.30. The van der Waals surface area contributed by atoms with Crippen LogP contribution in [0.3, 0.4) is 0 Å². The number of amides is 2. The molecular formula is C21H18ClN3O3. The van der Waals surface area contributed by atoms with Crippen LogP contribution in [0.5, 0.6) is 0 Å². The summed E-state index contributed by atoms with van der Waals surface area (Å²) < 4.78 is 5.25. The van der Waals surface area contributed by atoms with Crippen LogP contribution in [0.25, 0.3) is 11.3 Å². The topological polar surface area (TPSA) is 75.4 Å². The molecule has 0 spiro atoms.